The van der Waals surface area contributed by atoms with Crippen molar-refractivity contribution < 1.29 is 9.53 Å². The Hall–Kier alpha value is -2.89. The van der Waals surface area contributed by atoms with Crippen molar-refractivity contribution in [3.63, 3.8) is 0 Å². The van der Waals surface area contributed by atoms with Crippen LogP contribution in [0.1, 0.15) is 50.5 Å². The van der Waals surface area contributed by atoms with Crippen LogP contribution in [0.25, 0.3) is 11.0 Å². The summed E-state index contributed by atoms with van der Waals surface area (Å²) in [5, 5.41) is 0. The Bertz CT molecular complexity index is 994. The summed E-state index contributed by atoms with van der Waals surface area (Å²) >= 11 is 0. The van der Waals surface area contributed by atoms with Crippen LogP contribution in [-0.4, -0.2) is 45.0 Å². The molecular weight excluding hydrogens is 364 g/mol. The van der Waals surface area contributed by atoms with E-state index in [-0.39, 0.29) is 11.8 Å². The van der Waals surface area contributed by atoms with Crippen molar-refractivity contribution in [1.29, 1.82) is 0 Å². The third-order valence-corrected chi connectivity index (χ3v) is 5.53. The van der Waals surface area contributed by atoms with Crippen LogP contribution in [0, 0.1) is 0 Å². The molecule has 0 radical (unpaired) electrons. The Morgan fingerprint density at radius 2 is 2.03 bits per heavy atom. The summed E-state index contributed by atoms with van der Waals surface area (Å²) in [5.41, 5.74) is 3.06. The monoisotopic (exact) mass is 392 g/mol. The number of ether oxygens (including phenoxy) is 1. The number of hydrogen-bond acceptors (Lipinski definition) is 4. The summed E-state index contributed by atoms with van der Waals surface area (Å²) < 4.78 is 7.75. The summed E-state index contributed by atoms with van der Waals surface area (Å²) in [5.74, 6) is 2.34. The molecule has 0 bridgehead atoms. The van der Waals surface area contributed by atoms with Crippen molar-refractivity contribution in [3.05, 3.63) is 54.1 Å². The molecule has 1 saturated heterocycles. The maximum Gasteiger partial charge on any atom is 0.227 e. The zero-order chi connectivity index (χ0) is 20.4. The van der Waals surface area contributed by atoms with Gasteiger partial charge in [0.2, 0.25) is 5.91 Å². The minimum atomic E-state index is 0.172. The van der Waals surface area contributed by atoms with Crippen molar-refractivity contribution in [2.24, 2.45) is 0 Å². The van der Waals surface area contributed by atoms with Crippen molar-refractivity contribution in [1.82, 2.24) is 19.4 Å². The number of imidazole rings is 1. The zero-order valence-electron chi connectivity index (χ0n) is 17.3. The third-order valence-electron chi connectivity index (χ3n) is 5.53. The number of likely N-dealkylation sites (tertiary alicyclic amines) is 1. The van der Waals surface area contributed by atoms with Crippen LogP contribution in [-0.2, 0) is 11.2 Å². The number of carbonyl (C=O) groups is 1. The number of carbonyl (C=O) groups excluding carboxylic acids is 1. The largest absolute Gasteiger partial charge is 0.494 e. The molecule has 6 nitrogen and oxygen atoms in total. The minimum Gasteiger partial charge on any atom is -0.494 e. The van der Waals surface area contributed by atoms with Crippen LogP contribution in [0.3, 0.4) is 0 Å². The van der Waals surface area contributed by atoms with E-state index in [2.05, 4.69) is 23.4 Å². The van der Waals surface area contributed by atoms with E-state index in [1.807, 2.05) is 48.4 Å². The second-order valence-electron chi connectivity index (χ2n) is 7.88. The Morgan fingerprint density at radius 1 is 1.24 bits per heavy atom. The lowest BCUT2D eigenvalue weighted by Gasteiger charge is -2.19. The fraction of sp³-hybridized carbons (Fsp3) is 0.435. The van der Waals surface area contributed by atoms with E-state index in [4.69, 9.17) is 9.72 Å². The molecule has 152 valence electrons. The van der Waals surface area contributed by atoms with Gasteiger partial charge in [-0.05, 0) is 51.0 Å². The molecule has 1 aliphatic heterocycles. The van der Waals surface area contributed by atoms with Crippen LogP contribution in [0.15, 0.2) is 42.7 Å². The highest BCUT2D eigenvalue weighted by atomic mass is 16.5. The molecule has 3 aromatic rings. The molecule has 1 fully saturated rings. The molecule has 1 aliphatic rings. The molecule has 0 aliphatic carbocycles. The predicted octanol–water partition coefficient (Wildman–Crippen LogP) is 3.97. The van der Waals surface area contributed by atoms with Crippen LogP contribution >= 0.6 is 0 Å². The number of amides is 1. The minimum absolute atomic E-state index is 0.172. The lowest BCUT2D eigenvalue weighted by atomic mass is 10.1. The van der Waals surface area contributed by atoms with Crippen LogP contribution in [0.5, 0.6) is 5.75 Å². The fourth-order valence-electron chi connectivity index (χ4n) is 4.14. The molecule has 1 atom stereocenters. The molecule has 0 saturated carbocycles. The molecular formula is C23H28N4O2. The lowest BCUT2D eigenvalue weighted by Crippen LogP contribution is -2.30. The fourth-order valence-corrected chi connectivity index (χ4v) is 4.14. The first-order valence-corrected chi connectivity index (χ1v) is 10.4. The molecule has 1 aromatic carbocycles. The van der Waals surface area contributed by atoms with Gasteiger partial charge in [0.05, 0.1) is 30.3 Å². The van der Waals surface area contributed by atoms with Crippen molar-refractivity contribution in [2.75, 3.05) is 19.7 Å². The highest BCUT2D eigenvalue weighted by molar-refractivity contribution is 5.79. The number of rotatable bonds is 6. The molecule has 29 heavy (non-hydrogen) atoms. The Labute approximate surface area is 171 Å². The van der Waals surface area contributed by atoms with E-state index in [0.29, 0.717) is 19.1 Å². The van der Waals surface area contributed by atoms with Gasteiger partial charge >= 0.3 is 0 Å². The summed E-state index contributed by atoms with van der Waals surface area (Å²) in [4.78, 5) is 24.0. The van der Waals surface area contributed by atoms with E-state index in [0.717, 1.165) is 47.7 Å². The summed E-state index contributed by atoms with van der Waals surface area (Å²) in [7, 11) is 0. The molecule has 3 heterocycles. The molecule has 4 rings (SSSR count). The first-order chi connectivity index (χ1) is 14.1. The first kappa shape index (κ1) is 19.4. The third kappa shape index (κ3) is 3.97. The second kappa shape index (κ2) is 8.23. The van der Waals surface area contributed by atoms with Gasteiger partial charge in [0.15, 0.2) is 0 Å². The van der Waals surface area contributed by atoms with Gasteiger partial charge in [-0.3, -0.25) is 9.78 Å². The van der Waals surface area contributed by atoms with Gasteiger partial charge in [0.25, 0.3) is 0 Å². The van der Waals surface area contributed by atoms with Crippen LogP contribution in [0.2, 0.25) is 0 Å². The molecule has 6 heteroatoms. The topological polar surface area (TPSA) is 60.2 Å². The average Bonchev–Trinajstić information content (AvgIpc) is 3.34. The summed E-state index contributed by atoms with van der Waals surface area (Å²) in [6.07, 6.45) is 5.03. The van der Waals surface area contributed by atoms with E-state index in [1.165, 1.54) is 0 Å². The quantitative estimate of drug-likeness (QED) is 0.637. The molecule has 0 unspecified atom stereocenters. The Balaban J connectivity index is 1.47. The molecule has 0 N–H and O–H groups in total. The number of hydrogen-bond donors (Lipinski definition) is 0. The van der Waals surface area contributed by atoms with E-state index in [9.17, 15) is 4.79 Å². The normalized spacial score (nSPS) is 16.7. The second-order valence-corrected chi connectivity index (χ2v) is 7.88. The van der Waals surface area contributed by atoms with Crippen LogP contribution < -0.4 is 4.74 Å². The lowest BCUT2D eigenvalue weighted by molar-refractivity contribution is -0.129. The molecule has 1 amide bonds. The maximum atomic E-state index is 12.9. The van der Waals surface area contributed by atoms with Crippen molar-refractivity contribution >= 4 is 16.9 Å². The van der Waals surface area contributed by atoms with Gasteiger partial charge in [-0.2, -0.15) is 0 Å². The number of aromatic nitrogens is 3. The van der Waals surface area contributed by atoms with Gasteiger partial charge < -0.3 is 14.2 Å². The smallest absolute Gasteiger partial charge is 0.227 e. The number of benzene rings is 1. The summed E-state index contributed by atoms with van der Waals surface area (Å²) in [6.45, 7) is 8.44. The number of pyridine rings is 1. The van der Waals surface area contributed by atoms with Gasteiger partial charge in [-0.15, -0.1) is 0 Å². The zero-order valence-corrected chi connectivity index (χ0v) is 17.3. The van der Waals surface area contributed by atoms with Gasteiger partial charge in [-0.25, -0.2) is 4.98 Å². The van der Waals surface area contributed by atoms with Crippen molar-refractivity contribution in [3.8, 4) is 5.75 Å². The Kier molecular flexibility index (Phi) is 5.51. The Morgan fingerprint density at radius 3 is 2.76 bits per heavy atom. The molecule has 2 aromatic heterocycles. The molecule has 0 spiro atoms. The number of nitrogens with zero attached hydrogens (tertiary/aromatic N) is 4. The van der Waals surface area contributed by atoms with E-state index >= 15 is 0 Å². The average molecular weight is 393 g/mol. The van der Waals surface area contributed by atoms with Crippen LogP contribution in [0.4, 0.5) is 0 Å². The van der Waals surface area contributed by atoms with Gasteiger partial charge in [-0.1, -0.05) is 12.1 Å². The van der Waals surface area contributed by atoms with Gasteiger partial charge in [0, 0.05) is 31.2 Å². The maximum absolute atomic E-state index is 12.9. The number of fused-ring (bicyclic) bond motifs is 1. The highest BCUT2D eigenvalue weighted by Gasteiger charge is 2.31. The highest BCUT2D eigenvalue weighted by Crippen LogP contribution is 2.31. The van der Waals surface area contributed by atoms with E-state index in [1.54, 1.807) is 6.20 Å². The first-order valence-electron chi connectivity index (χ1n) is 10.4. The van der Waals surface area contributed by atoms with E-state index < -0.39 is 0 Å². The van der Waals surface area contributed by atoms with Gasteiger partial charge in [0.1, 0.15) is 11.6 Å². The summed E-state index contributed by atoms with van der Waals surface area (Å²) in [6, 6.07) is 10.1. The SMILES string of the molecule is CCOc1ccc(CC(=O)N2CC[C@H](c3nc4ccncc4n3C(C)C)C2)cc1. The van der Waals surface area contributed by atoms with Crippen molar-refractivity contribution in [2.45, 2.75) is 45.6 Å². The predicted molar refractivity (Wildman–Crippen MR) is 113 cm³/mol. The standard InChI is InChI=1S/C23H28N4O2/c1-4-29-19-7-5-17(6-8-19)13-22(28)26-12-10-18(15-26)23-25-20-9-11-24-14-21(20)27(23)16(2)3/h5-9,11,14,16,18H,4,10,12-13,15H2,1-3H3/t18-/m0/s1.